The van der Waals surface area contributed by atoms with Crippen molar-refractivity contribution in [3.05, 3.63) is 74.1 Å². The van der Waals surface area contributed by atoms with E-state index in [4.69, 9.17) is 15.8 Å². The van der Waals surface area contributed by atoms with Gasteiger partial charge in [0.1, 0.15) is 4.83 Å². The summed E-state index contributed by atoms with van der Waals surface area (Å²) in [5, 5.41) is 16.6. The molecule has 0 fully saturated rings. The van der Waals surface area contributed by atoms with Gasteiger partial charge >= 0.3 is 0 Å². The standard InChI is InChI=1S/C25H26N6OS/c1-25(2,3)19-8-9-20-17(11-19)10-18-12-22(33-24(18)30-20)23(32)29-21(14-28-31-27)16-6-4-15(13-26)5-7-16/h4-7,10,12,19,21H,8-9,11,14H2,1-3H3,(H,29,32). The number of nitrogens with zero attached hydrogens (tertiary/aromatic N) is 5. The summed E-state index contributed by atoms with van der Waals surface area (Å²) in [4.78, 5) is 22.2. The van der Waals surface area contributed by atoms with Crippen LogP contribution in [0.1, 0.15) is 65.3 Å². The first-order valence-corrected chi connectivity index (χ1v) is 11.8. The van der Waals surface area contributed by atoms with Crippen molar-refractivity contribution in [1.29, 1.82) is 5.26 Å². The summed E-state index contributed by atoms with van der Waals surface area (Å²) in [5.41, 5.74) is 12.8. The lowest BCUT2D eigenvalue weighted by Crippen LogP contribution is -2.29. The molecule has 0 bridgehead atoms. The zero-order valence-electron chi connectivity index (χ0n) is 19.0. The molecule has 4 rings (SSSR count). The number of aryl methyl sites for hydroxylation is 1. The highest BCUT2D eigenvalue weighted by atomic mass is 32.1. The molecule has 168 valence electrons. The van der Waals surface area contributed by atoms with Crippen LogP contribution in [0.3, 0.4) is 0 Å². The number of carbonyl (C=O) groups is 1. The number of pyridine rings is 1. The first-order chi connectivity index (χ1) is 15.8. The van der Waals surface area contributed by atoms with E-state index in [2.05, 4.69) is 48.2 Å². The average Bonchev–Trinajstić information content (AvgIpc) is 3.22. The molecule has 2 unspecified atom stereocenters. The summed E-state index contributed by atoms with van der Waals surface area (Å²) in [7, 11) is 0. The molecule has 0 saturated carbocycles. The maximum Gasteiger partial charge on any atom is 0.261 e. The number of hydrogen-bond donors (Lipinski definition) is 1. The molecule has 2 aromatic heterocycles. The largest absolute Gasteiger partial charge is 0.344 e. The molecule has 0 aliphatic heterocycles. The van der Waals surface area contributed by atoms with Crippen LogP contribution in [-0.2, 0) is 12.8 Å². The molecule has 0 saturated heterocycles. The van der Waals surface area contributed by atoms with E-state index in [1.807, 2.05) is 6.07 Å². The molecule has 1 N–H and O–H groups in total. The number of thiophene rings is 1. The molecule has 8 heteroatoms. The summed E-state index contributed by atoms with van der Waals surface area (Å²) in [6.45, 7) is 6.96. The van der Waals surface area contributed by atoms with E-state index < -0.39 is 6.04 Å². The van der Waals surface area contributed by atoms with E-state index in [0.717, 1.165) is 40.7 Å². The normalized spacial score (nSPS) is 16.4. The second kappa shape index (κ2) is 9.22. The van der Waals surface area contributed by atoms with Crippen molar-refractivity contribution in [3.8, 4) is 6.07 Å². The number of nitriles is 1. The van der Waals surface area contributed by atoms with Crippen LogP contribution in [0.2, 0.25) is 0 Å². The van der Waals surface area contributed by atoms with E-state index in [9.17, 15) is 4.79 Å². The molecule has 0 radical (unpaired) electrons. The Kier molecular flexibility index (Phi) is 6.37. The molecule has 2 atom stereocenters. The molecule has 33 heavy (non-hydrogen) atoms. The molecule has 2 heterocycles. The Bertz CT molecular complexity index is 1280. The van der Waals surface area contributed by atoms with Gasteiger partial charge in [-0.05, 0) is 71.5 Å². The molecular formula is C25H26N6OS. The van der Waals surface area contributed by atoms with E-state index in [0.29, 0.717) is 16.4 Å². The fraction of sp³-hybridized carbons (Fsp3) is 0.400. The Morgan fingerprint density at radius 3 is 2.79 bits per heavy atom. The van der Waals surface area contributed by atoms with Crippen molar-refractivity contribution in [2.45, 2.75) is 46.1 Å². The van der Waals surface area contributed by atoms with Crippen LogP contribution in [0.15, 0.2) is 41.5 Å². The second-order valence-electron chi connectivity index (χ2n) is 9.58. The quantitative estimate of drug-likeness (QED) is 0.283. The third-order valence-electron chi connectivity index (χ3n) is 6.40. The van der Waals surface area contributed by atoms with E-state index in [1.54, 1.807) is 24.3 Å². The van der Waals surface area contributed by atoms with Gasteiger partial charge in [-0.1, -0.05) is 38.0 Å². The predicted octanol–water partition coefficient (Wildman–Crippen LogP) is 6.10. The van der Waals surface area contributed by atoms with E-state index in [-0.39, 0.29) is 17.9 Å². The van der Waals surface area contributed by atoms with Crippen LogP contribution in [0.4, 0.5) is 0 Å². The molecule has 3 aromatic rings. The first kappa shape index (κ1) is 22.8. The number of azide groups is 1. The number of aromatic nitrogens is 1. The van der Waals surface area contributed by atoms with Gasteiger partial charge in [-0.15, -0.1) is 11.3 Å². The zero-order valence-corrected chi connectivity index (χ0v) is 19.8. The van der Waals surface area contributed by atoms with Gasteiger partial charge in [0, 0.05) is 16.0 Å². The van der Waals surface area contributed by atoms with Gasteiger partial charge < -0.3 is 5.32 Å². The van der Waals surface area contributed by atoms with Crippen LogP contribution in [-0.4, -0.2) is 17.4 Å². The third kappa shape index (κ3) is 5.00. The van der Waals surface area contributed by atoms with Crippen molar-refractivity contribution in [2.24, 2.45) is 16.4 Å². The van der Waals surface area contributed by atoms with Crippen molar-refractivity contribution in [1.82, 2.24) is 10.3 Å². The van der Waals surface area contributed by atoms with E-state index >= 15 is 0 Å². The Balaban J connectivity index is 1.57. The highest BCUT2D eigenvalue weighted by molar-refractivity contribution is 7.20. The zero-order chi connectivity index (χ0) is 23.6. The molecule has 1 amide bonds. The topological polar surface area (TPSA) is 115 Å². The van der Waals surface area contributed by atoms with Crippen molar-refractivity contribution < 1.29 is 4.79 Å². The minimum atomic E-state index is -0.486. The van der Waals surface area contributed by atoms with Crippen molar-refractivity contribution >= 4 is 27.5 Å². The van der Waals surface area contributed by atoms with Gasteiger partial charge in [-0.25, -0.2) is 4.98 Å². The highest BCUT2D eigenvalue weighted by Crippen LogP contribution is 2.38. The Hall–Kier alpha value is -3.40. The lowest BCUT2D eigenvalue weighted by molar-refractivity contribution is 0.0942. The maximum atomic E-state index is 13.1. The molecule has 0 spiro atoms. The molecule has 1 aliphatic rings. The number of carbonyl (C=O) groups excluding carboxylic acids is 1. The first-order valence-electron chi connectivity index (χ1n) is 11.0. The number of rotatable bonds is 5. The summed E-state index contributed by atoms with van der Waals surface area (Å²) in [6, 6.07) is 12.6. The van der Waals surface area contributed by atoms with E-state index in [1.165, 1.54) is 16.9 Å². The summed E-state index contributed by atoms with van der Waals surface area (Å²) < 4.78 is 0. The molecule has 1 aliphatic carbocycles. The minimum absolute atomic E-state index is 0.0831. The average molecular weight is 459 g/mol. The third-order valence-corrected chi connectivity index (χ3v) is 7.44. The predicted molar refractivity (Wildman–Crippen MR) is 130 cm³/mol. The Labute approximate surface area is 197 Å². The Morgan fingerprint density at radius 2 is 2.12 bits per heavy atom. The highest BCUT2D eigenvalue weighted by Gasteiger charge is 2.29. The van der Waals surface area contributed by atoms with Gasteiger partial charge in [0.2, 0.25) is 0 Å². The molecule has 1 aromatic carbocycles. The van der Waals surface area contributed by atoms with Crippen molar-refractivity contribution in [3.63, 3.8) is 0 Å². The van der Waals surface area contributed by atoms with Crippen LogP contribution >= 0.6 is 11.3 Å². The van der Waals surface area contributed by atoms with Gasteiger partial charge in [-0.2, -0.15) is 5.26 Å². The fourth-order valence-electron chi connectivity index (χ4n) is 4.35. The van der Waals surface area contributed by atoms with Crippen LogP contribution in [0.25, 0.3) is 20.7 Å². The van der Waals surface area contributed by atoms with Gasteiger partial charge in [0.05, 0.1) is 29.1 Å². The second-order valence-corrected chi connectivity index (χ2v) is 10.6. The monoisotopic (exact) mass is 458 g/mol. The Morgan fingerprint density at radius 1 is 1.36 bits per heavy atom. The lowest BCUT2D eigenvalue weighted by atomic mass is 9.71. The van der Waals surface area contributed by atoms with Gasteiger partial charge in [0.25, 0.3) is 5.91 Å². The van der Waals surface area contributed by atoms with Gasteiger partial charge in [-0.3, -0.25) is 4.79 Å². The summed E-state index contributed by atoms with van der Waals surface area (Å²) in [6.07, 6.45) is 3.13. The fourth-order valence-corrected chi connectivity index (χ4v) is 5.28. The maximum absolute atomic E-state index is 13.1. The summed E-state index contributed by atoms with van der Waals surface area (Å²) in [5.74, 6) is 0.394. The number of fused-ring (bicyclic) bond motifs is 2. The van der Waals surface area contributed by atoms with Crippen LogP contribution in [0.5, 0.6) is 0 Å². The number of amides is 1. The smallest absolute Gasteiger partial charge is 0.261 e. The minimum Gasteiger partial charge on any atom is -0.344 e. The van der Waals surface area contributed by atoms with Gasteiger partial charge in [0.15, 0.2) is 0 Å². The van der Waals surface area contributed by atoms with Crippen LogP contribution < -0.4 is 5.32 Å². The SMILES string of the molecule is CC(C)(C)C1CCc2nc3sc(C(=O)NC(CN=[N+]=[N-])c4ccc(C#N)cc4)cc3cc2C1. The number of hydrogen-bond acceptors (Lipinski definition) is 5. The lowest BCUT2D eigenvalue weighted by Gasteiger charge is -2.34. The molecule has 7 nitrogen and oxygen atoms in total. The van der Waals surface area contributed by atoms with Crippen LogP contribution in [0, 0.1) is 22.7 Å². The summed E-state index contributed by atoms with van der Waals surface area (Å²) >= 11 is 1.38. The van der Waals surface area contributed by atoms with Crippen molar-refractivity contribution in [2.75, 3.05) is 6.54 Å². The number of benzene rings is 1. The number of nitrogens with one attached hydrogen (secondary N) is 1. The molecular weight excluding hydrogens is 432 g/mol.